The summed E-state index contributed by atoms with van der Waals surface area (Å²) in [6, 6.07) is 15.7. The first-order chi connectivity index (χ1) is 11.2. The van der Waals surface area contributed by atoms with Crippen LogP contribution in [0.1, 0.15) is 11.1 Å². The molecule has 1 amide bonds. The van der Waals surface area contributed by atoms with Gasteiger partial charge in [-0.2, -0.15) is 0 Å². The number of amides is 1. The van der Waals surface area contributed by atoms with E-state index in [1.54, 1.807) is 11.0 Å². The topological polar surface area (TPSA) is 38.8 Å². The minimum Gasteiger partial charge on any atom is -0.454 e. The first kappa shape index (κ1) is 15.2. The van der Waals surface area contributed by atoms with Crippen LogP contribution in [0.4, 0.5) is 0 Å². The number of hydrogen-bond donors (Lipinski definition) is 0. The lowest BCUT2D eigenvalue weighted by Crippen LogP contribution is -2.27. The third kappa shape index (κ3) is 3.92. The van der Waals surface area contributed by atoms with Crippen LogP contribution in [0.3, 0.4) is 0 Å². The van der Waals surface area contributed by atoms with Gasteiger partial charge in [0.15, 0.2) is 11.5 Å². The quantitative estimate of drug-likeness (QED) is 0.797. The molecule has 0 atom stereocenters. The molecule has 0 aromatic heterocycles. The van der Waals surface area contributed by atoms with Gasteiger partial charge in [0.2, 0.25) is 12.7 Å². The van der Waals surface area contributed by atoms with Crippen molar-refractivity contribution in [3.05, 3.63) is 65.7 Å². The van der Waals surface area contributed by atoms with Crippen LogP contribution < -0.4 is 9.47 Å². The van der Waals surface area contributed by atoms with Crippen LogP contribution in [0.5, 0.6) is 11.5 Å². The number of ether oxygens (including phenoxy) is 2. The van der Waals surface area contributed by atoms with Gasteiger partial charge in [-0.05, 0) is 35.8 Å². The molecule has 0 fully saturated rings. The van der Waals surface area contributed by atoms with Gasteiger partial charge in [0.1, 0.15) is 0 Å². The third-order valence-corrected chi connectivity index (χ3v) is 3.77. The number of hydrogen-bond acceptors (Lipinski definition) is 3. The molecule has 0 saturated heterocycles. The van der Waals surface area contributed by atoms with E-state index in [9.17, 15) is 4.79 Å². The van der Waals surface area contributed by atoms with E-state index in [-0.39, 0.29) is 12.7 Å². The Bertz CT molecular complexity index is 710. The molecule has 0 radical (unpaired) electrons. The van der Waals surface area contributed by atoms with Crippen molar-refractivity contribution in [2.24, 2.45) is 0 Å². The lowest BCUT2D eigenvalue weighted by Gasteiger charge is -2.15. The Morgan fingerprint density at radius 2 is 1.91 bits per heavy atom. The SMILES string of the molecule is CN(CCc1ccc2c(c1)OCO2)C(=O)/C=C/c1ccccc1. The van der Waals surface area contributed by atoms with Crippen LogP contribution in [0, 0.1) is 0 Å². The van der Waals surface area contributed by atoms with Crippen molar-refractivity contribution in [1.29, 1.82) is 0 Å². The van der Waals surface area contributed by atoms with E-state index in [4.69, 9.17) is 9.47 Å². The van der Waals surface area contributed by atoms with E-state index >= 15 is 0 Å². The fraction of sp³-hybridized carbons (Fsp3) is 0.211. The van der Waals surface area contributed by atoms with E-state index in [1.807, 2.05) is 61.7 Å². The van der Waals surface area contributed by atoms with E-state index in [2.05, 4.69) is 0 Å². The van der Waals surface area contributed by atoms with Gasteiger partial charge in [0.05, 0.1) is 0 Å². The summed E-state index contributed by atoms with van der Waals surface area (Å²) in [5.74, 6) is 1.55. The minimum atomic E-state index is -0.00500. The summed E-state index contributed by atoms with van der Waals surface area (Å²) >= 11 is 0. The first-order valence-corrected chi connectivity index (χ1v) is 7.59. The number of fused-ring (bicyclic) bond motifs is 1. The number of carbonyl (C=O) groups excluding carboxylic acids is 1. The van der Waals surface area contributed by atoms with Gasteiger partial charge >= 0.3 is 0 Å². The molecular weight excluding hydrogens is 290 g/mol. The lowest BCUT2D eigenvalue weighted by molar-refractivity contribution is -0.124. The van der Waals surface area contributed by atoms with Crippen molar-refractivity contribution in [3.8, 4) is 11.5 Å². The first-order valence-electron chi connectivity index (χ1n) is 7.59. The summed E-state index contributed by atoms with van der Waals surface area (Å²) in [6.45, 7) is 0.930. The van der Waals surface area contributed by atoms with Crippen LogP contribution >= 0.6 is 0 Å². The fourth-order valence-electron chi connectivity index (χ4n) is 2.36. The van der Waals surface area contributed by atoms with Crippen LogP contribution in [0.15, 0.2) is 54.6 Å². The molecule has 2 aromatic carbocycles. The summed E-state index contributed by atoms with van der Waals surface area (Å²) in [7, 11) is 1.81. The Labute approximate surface area is 135 Å². The molecule has 118 valence electrons. The van der Waals surface area contributed by atoms with Gasteiger partial charge in [-0.3, -0.25) is 4.79 Å². The maximum absolute atomic E-state index is 12.1. The van der Waals surface area contributed by atoms with Crippen LogP contribution in [0.2, 0.25) is 0 Å². The summed E-state index contributed by atoms with van der Waals surface area (Å²) in [5.41, 5.74) is 2.14. The van der Waals surface area contributed by atoms with Gasteiger partial charge in [-0.25, -0.2) is 0 Å². The largest absolute Gasteiger partial charge is 0.454 e. The van der Waals surface area contributed by atoms with Gasteiger partial charge < -0.3 is 14.4 Å². The van der Waals surface area contributed by atoms with E-state index in [0.29, 0.717) is 6.54 Å². The second-order valence-corrected chi connectivity index (χ2v) is 5.44. The van der Waals surface area contributed by atoms with Crippen molar-refractivity contribution in [2.45, 2.75) is 6.42 Å². The van der Waals surface area contributed by atoms with E-state index in [0.717, 1.165) is 29.0 Å². The van der Waals surface area contributed by atoms with Crippen LogP contribution in [-0.2, 0) is 11.2 Å². The highest BCUT2D eigenvalue weighted by molar-refractivity contribution is 5.91. The van der Waals surface area contributed by atoms with Crippen molar-refractivity contribution >= 4 is 12.0 Å². The van der Waals surface area contributed by atoms with E-state index < -0.39 is 0 Å². The zero-order valence-electron chi connectivity index (χ0n) is 13.1. The zero-order valence-corrected chi connectivity index (χ0v) is 13.1. The molecule has 3 rings (SSSR count). The highest BCUT2D eigenvalue weighted by Gasteiger charge is 2.13. The van der Waals surface area contributed by atoms with Crippen molar-refractivity contribution in [1.82, 2.24) is 4.90 Å². The molecule has 0 N–H and O–H groups in total. The minimum absolute atomic E-state index is 0.00500. The number of nitrogens with zero attached hydrogens (tertiary/aromatic N) is 1. The average molecular weight is 309 g/mol. The molecule has 4 nitrogen and oxygen atoms in total. The molecule has 0 saturated carbocycles. The molecule has 0 aliphatic carbocycles. The molecule has 0 unspecified atom stereocenters. The molecule has 4 heteroatoms. The molecule has 1 aliphatic rings. The third-order valence-electron chi connectivity index (χ3n) is 3.77. The molecule has 0 spiro atoms. The Balaban J connectivity index is 1.53. The second-order valence-electron chi connectivity index (χ2n) is 5.44. The van der Waals surface area contributed by atoms with Crippen LogP contribution in [0.25, 0.3) is 6.08 Å². The standard InChI is InChI=1S/C19H19NO3/c1-20(19(21)10-8-15-5-3-2-4-6-15)12-11-16-7-9-17-18(13-16)23-14-22-17/h2-10,13H,11-12,14H2,1H3/b10-8+. The number of benzene rings is 2. The van der Waals surface area contributed by atoms with E-state index in [1.165, 1.54) is 0 Å². The van der Waals surface area contributed by atoms with Gasteiger partial charge in [-0.1, -0.05) is 36.4 Å². The van der Waals surface area contributed by atoms with Crippen molar-refractivity contribution in [3.63, 3.8) is 0 Å². The van der Waals surface area contributed by atoms with Crippen molar-refractivity contribution < 1.29 is 14.3 Å². The summed E-state index contributed by atoms with van der Waals surface area (Å²) in [6.07, 6.45) is 4.21. The average Bonchev–Trinajstić information content (AvgIpc) is 3.06. The summed E-state index contributed by atoms with van der Waals surface area (Å²) < 4.78 is 10.7. The Morgan fingerprint density at radius 3 is 2.74 bits per heavy atom. The molecular formula is C19H19NO3. The highest BCUT2D eigenvalue weighted by atomic mass is 16.7. The number of carbonyl (C=O) groups is 1. The predicted molar refractivity (Wildman–Crippen MR) is 89.4 cm³/mol. The van der Waals surface area contributed by atoms with Gasteiger partial charge in [-0.15, -0.1) is 0 Å². The summed E-state index contributed by atoms with van der Waals surface area (Å²) in [4.78, 5) is 13.8. The molecule has 23 heavy (non-hydrogen) atoms. The maximum Gasteiger partial charge on any atom is 0.246 e. The Kier molecular flexibility index (Phi) is 4.62. The number of likely N-dealkylation sites (N-methyl/N-ethyl adjacent to an activating group) is 1. The molecule has 2 aromatic rings. The maximum atomic E-state index is 12.1. The molecule has 1 heterocycles. The van der Waals surface area contributed by atoms with Crippen molar-refractivity contribution in [2.75, 3.05) is 20.4 Å². The number of rotatable bonds is 5. The molecule has 0 bridgehead atoms. The Morgan fingerprint density at radius 1 is 1.13 bits per heavy atom. The fourth-order valence-corrected chi connectivity index (χ4v) is 2.36. The van der Waals surface area contributed by atoms with Gasteiger partial charge in [0.25, 0.3) is 0 Å². The Hall–Kier alpha value is -2.75. The van der Waals surface area contributed by atoms with Gasteiger partial charge in [0, 0.05) is 19.7 Å². The predicted octanol–water partition coefficient (Wildman–Crippen LogP) is 3.13. The normalized spacial score (nSPS) is 12.6. The monoisotopic (exact) mass is 309 g/mol. The summed E-state index contributed by atoms with van der Waals surface area (Å²) in [5, 5.41) is 0. The lowest BCUT2D eigenvalue weighted by atomic mass is 10.1. The zero-order chi connectivity index (χ0) is 16.1. The molecule has 1 aliphatic heterocycles. The highest BCUT2D eigenvalue weighted by Crippen LogP contribution is 2.32. The van der Waals surface area contributed by atoms with Crippen LogP contribution in [-0.4, -0.2) is 31.2 Å². The second kappa shape index (κ2) is 7.01. The smallest absolute Gasteiger partial charge is 0.246 e.